The molecule has 0 aliphatic carbocycles. The third-order valence-corrected chi connectivity index (χ3v) is 9.52. The van der Waals surface area contributed by atoms with Gasteiger partial charge in [0.1, 0.15) is 5.75 Å². The number of para-hydroxylation sites is 1. The highest BCUT2D eigenvalue weighted by molar-refractivity contribution is 7.07. The number of thiazole rings is 1. The molecule has 0 amide bonds. The molecule has 250 valence electrons. The predicted octanol–water partition coefficient (Wildman–Crippen LogP) is 7.71. The predicted molar refractivity (Wildman–Crippen MR) is 199 cm³/mol. The lowest BCUT2D eigenvalue weighted by Gasteiger charge is -2.25. The Labute approximate surface area is 294 Å². The number of ether oxygens (including phenoxy) is 2. The topological polar surface area (TPSA) is 74.8 Å². The molecule has 7 nitrogen and oxygen atoms in total. The zero-order chi connectivity index (χ0) is 34.8. The van der Waals surface area contributed by atoms with Crippen molar-refractivity contribution in [3.8, 4) is 34.0 Å². The largest absolute Gasteiger partial charge is 0.491 e. The van der Waals surface area contributed by atoms with Crippen molar-refractivity contribution in [3.63, 3.8) is 0 Å². The minimum absolute atomic E-state index is 0.00990. The van der Waals surface area contributed by atoms with Crippen molar-refractivity contribution in [2.24, 2.45) is 4.99 Å². The van der Waals surface area contributed by atoms with E-state index in [9.17, 15) is 9.59 Å². The van der Waals surface area contributed by atoms with Crippen LogP contribution in [0.1, 0.15) is 44.9 Å². The highest BCUT2D eigenvalue weighted by Crippen LogP contribution is 2.37. The van der Waals surface area contributed by atoms with Crippen LogP contribution in [0.2, 0.25) is 0 Å². The molecule has 1 aliphatic rings. The number of fused-ring (bicyclic) bond motifs is 1. The number of esters is 1. The number of carbonyl (C=O) groups excluding carboxylic acids is 1. The molecule has 0 saturated heterocycles. The maximum atomic E-state index is 14.6. The second kappa shape index (κ2) is 14.0. The van der Waals surface area contributed by atoms with Gasteiger partial charge in [-0.3, -0.25) is 9.36 Å². The van der Waals surface area contributed by atoms with Crippen LogP contribution in [-0.2, 0) is 9.53 Å². The summed E-state index contributed by atoms with van der Waals surface area (Å²) in [6.45, 7) is 7.71. The van der Waals surface area contributed by atoms with E-state index in [1.54, 1.807) is 18.4 Å². The SMILES string of the molecule is CCOC(=O)C1=C(C)N=c2s/c(=C\c3cc(-c4ccccc4)n(-c4ccccc4)c3-c3ccccc3)c(=O)n2[C@@H]1c1ccc(OC(C)C)cc1. The molecule has 0 bridgehead atoms. The van der Waals surface area contributed by atoms with Crippen LogP contribution in [0.3, 0.4) is 0 Å². The van der Waals surface area contributed by atoms with Gasteiger partial charge < -0.3 is 14.0 Å². The first-order valence-corrected chi connectivity index (χ1v) is 17.5. The van der Waals surface area contributed by atoms with Crippen molar-refractivity contribution < 1.29 is 14.3 Å². The number of hydrogen-bond acceptors (Lipinski definition) is 6. The van der Waals surface area contributed by atoms with Crippen molar-refractivity contribution in [1.29, 1.82) is 0 Å². The van der Waals surface area contributed by atoms with Gasteiger partial charge in [0.15, 0.2) is 4.80 Å². The van der Waals surface area contributed by atoms with Gasteiger partial charge in [0.05, 0.1) is 45.9 Å². The van der Waals surface area contributed by atoms with Gasteiger partial charge in [-0.05, 0) is 80.8 Å². The molecule has 7 rings (SSSR count). The van der Waals surface area contributed by atoms with Crippen LogP contribution < -0.4 is 19.6 Å². The summed E-state index contributed by atoms with van der Waals surface area (Å²) in [6.07, 6.45) is 1.97. The Morgan fingerprint density at radius 1 is 0.880 bits per heavy atom. The van der Waals surface area contributed by atoms with Gasteiger partial charge >= 0.3 is 5.97 Å². The molecule has 0 spiro atoms. The van der Waals surface area contributed by atoms with E-state index in [1.807, 2.05) is 98.8 Å². The van der Waals surface area contributed by atoms with E-state index in [-0.39, 0.29) is 18.3 Å². The third-order valence-electron chi connectivity index (χ3n) is 8.53. The lowest BCUT2D eigenvalue weighted by Crippen LogP contribution is -2.39. The Balaban J connectivity index is 1.47. The standard InChI is InChI=1S/C42H37N3O4S/c1-5-48-41(47)37-28(4)43-42-45(39(37)31-21-23-34(24-22-31)49-27(2)3)40(46)36(50-42)26-32-25-35(29-15-9-6-10-16-29)44(33-19-13-8-14-20-33)38(32)30-17-11-7-12-18-30/h6-27,39H,5H2,1-4H3/b36-26-/t39-/m1/s1. The number of benzene rings is 4. The first kappa shape index (κ1) is 32.8. The van der Waals surface area contributed by atoms with Crippen LogP contribution in [0.15, 0.2) is 142 Å². The lowest BCUT2D eigenvalue weighted by atomic mass is 9.96. The zero-order valence-electron chi connectivity index (χ0n) is 28.4. The smallest absolute Gasteiger partial charge is 0.338 e. The molecule has 6 aromatic rings. The fraction of sp³-hybridized carbons (Fsp3) is 0.167. The number of nitrogens with zero attached hydrogens (tertiary/aromatic N) is 3. The molecule has 0 unspecified atom stereocenters. The minimum Gasteiger partial charge on any atom is -0.491 e. The summed E-state index contributed by atoms with van der Waals surface area (Å²) in [5.41, 5.74) is 7.31. The van der Waals surface area contributed by atoms with Crippen LogP contribution in [0, 0.1) is 0 Å². The summed E-state index contributed by atoms with van der Waals surface area (Å²) >= 11 is 1.32. The Kier molecular flexibility index (Phi) is 9.19. The Hall–Kier alpha value is -5.73. The number of aromatic nitrogens is 2. The van der Waals surface area contributed by atoms with E-state index in [1.165, 1.54) is 11.3 Å². The summed E-state index contributed by atoms with van der Waals surface area (Å²) in [7, 11) is 0. The van der Waals surface area contributed by atoms with E-state index in [0.29, 0.717) is 26.4 Å². The van der Waals surface area contributed by atoms with Crippen molar-refractivity contribution in [2.75, 3.05) is 6.61 Å². The second-order valence-corrected chi connectivity index (χ2v) is 13.3. The number of hydrogen-bond donors (Lipinski definition) is 0. The van der Waals surface area contributed by atoms with Crippen molar-refractivity contribution in [3.05, 3.63) is 163 Å². The van der Waals surface area contributed by atoms with Gasteiger partial charge in [-0.1, -0.05) is 102 Å². The molecule has 2 aromatic heterocycles. The molecular formula is C42H37N3O4S. The molecule has 8 heteroatoms. The highest BCUT2D eigenvalue weighted by atomic mass is 32.1. The summed E-state index contributed by atoms with van der Waals surface area (Å²) in [6, 6.07) is 39.7. The summed E-state index contributed by atoms with van der Waals surface area (Å²) in [5, 5.41) is 0. The monoisotopic (exact) mass is 679 g/mol. The Morgan fingerprint density at radius 2 is 1.50 bits per heavy atom. The van der Waals surface area contributed by atoms with Crippen molar-refractivity contribution in [2.45, 2.75) is 39.8 Å². The van der Waals surface area contributed by atoms with Gasteiger partial charge in [-0.2, -0.15) is 0 Å². The van der Waals surface area contributed by atoms with Gasteiger partial charge in [0, 0.05) is 11.3 Å². The van der Waals surface area contributed by atoms with E-state index in [0.717, 1.165) is 39.3 Å². The summed E-state index contributed by atoms with van der Waals surface area (Å²) in [5.74, 6) is 0.217. The average molecular weight is 680 g/mol. The highest BCUT2D eigenvalue weighted by Gasteiger charge is 2.33. The van der Waals surface area contributed by atoms with Gasteiger partial charge in [0.2, 0.25) is 0 Å². The first-order valence-electron chi connectivity index (χ1n) is 16.7. The fourth-order valence-corrected chi connectivity index (χ4v) is 7.48. The quantitative estimate of drug-likeness (QED) is 0.147. The van der Waals surface area contributed by atoms with E-state index in [4.69, 9.17) is 14.5 Å². The summed E-state index contributed by atoms with van der Waals surface area (Å²) in [4.78, 5) is 33.4. The van der Waals surface area contributed by atoms with E-state index >= 15 is 0 Å². The Morgan fingerprint density at radius 3 is 2.12 bits per heavy atom. The molecule has 0 N–H and O–H groups in total. The zero-order valence-corrected chi connectivity index (χ0v) is 29.2. The molecule has 0 fully saturated rings. The number of allylic oxidation sites excluding steroid dienone is 1. The Bertz CT molecular complexity index is 2370. The maximum absolute atomic E-state index is 14.6. The van der Waals surface area contributed by atoms with Crippen molar-refractivity contribution >= 4 is 23.4 Å². The molecule has 1 atom stereocenters. The van der Waals surface area contributed by atoms with Crippen LogP contribution in [0.5, 0.6) is 5.75 Å². The van der Waals surface area contributed by atoms with Gasteiger partial charge in [-0.25, -0.2) is 9.79 Å². The molecule has 0 saturated carbocycles. The van der Waals surface area contributed by atoms with E-state index in [2.05, 4.69) is 47.0 Å². The van der Waals surface area contributed by atoms with Crippen LogP contribution >= 0.6 is 11.3 Å². The van der Waals surface area contributed by atoms with E-state index < -0.39 is 12.0 Å². The summed E-state index contributed by atoms with van der Waals surface area (Å²) < 4.78 is 15.8. The molecule has 0 radical (unpaired) electrons. The van der Waals surface area contributed by atoms with Crippen LogP contribution in [0.4, 0.5) is 0 Å². The fourth-order valence-electron chi connectivity index (χ4n) is 6.45. The maximum Gasteiger partial charge on any atom is 0.338 e. The molecule has 4 aromatic carbocycles. The normalized spacial score (nSPS) is 14.4. The van der Waals surface area contributed by atoms with Crippen LogP contribution in [-0.4, -0.2) is 27.8 Å². The number of rotatable bonds is 9. The average Bonchev–Trinajstić information content (AvgIpc) is 3.66. The lowest BCUT2D eigenvalue weighted by molar-refractivity contribution is -0.139. The molecule has 1 aliphatic heterocycles. The van der Waals surface area contributed by atoms with Gasteiger partial charge in [0.25, 0.3) is 5.56 Å². The molecule has 50 heavy (non-hydrogen) atoms. The second-order valence-electron chi connectivity index (χ2n) is 12.3. The third kappa shape index (κ3) is 6.26. The minimum atomic E-state index is -0.719. The molecule has 3 heterocycles. The van der Waals surface area contributed by atoms with Gasteiger partial charge in [-0.15, -0.1) is 0 Å². The van der Waals surface area contributed by atoms with Crippen LogP contribution in [0.25, 0.3) is 34.3 Å². The van der Waals surface area contributed by atoms with Crippen molar-refractivity contribution in [1.82, 2.24) is 9.13 Å². The molecular weight excluding hydrogens is 643 g/mol. The first-order chi connectivity index (χ1) is 24.3. The number of carbonyl (C=O) groups is 1.